The van der Waals surface area contributed by atoms with Crippen LogP contribution in [0.15, 0.2) is 59.0 Å². The average molecular weight is 328 g/mol. The average Bonchev–Trinajstić information content (AvgIpc) is 2.97. The van der Waals surface area contributed by atoms with E-state index >= 15 is 0 Å². The third-order valence-electron chi connectivity index (χ3n) is 3.26. The number of benzene rings is 2. The van der Waals surface area contributed by atoms with Gasteiger partial charge in [0.15, 0.2) is 5.76 Å². The lowest BCUT2D eigenvalue weighted by Crippen LogP contribution is -1.92. The Morgan fingerprint density at radius 3 is 2.70 bits per heavy atom. The van der Waals surface area contributed by atoms with Crippen molar-refractivity contribution in [1.82, 2.24) is 0 Å². The smallest absolute Gasteiger partial charge is 0.288 e. The second-order valence-corrected chi connectivity index (χ2v) is 5.22. The predicted octanol–water partition coefficient (Wildman–Crippen LogP) is 4.89. The minimum absolute atomic E-state index is 0.0516. The number of allylic oxidation sites excluding steroid dienone is 1. The molecule has 0 bridgehead atoms. The molecule has 1 aromatic heterocycles. The molecule has 0 atom stereocenters. The molecule has 0 saturated heterocycles. The van der Waals surface area contributed by atoms with Crippen molar-refractivity contribution < 1.29 is 14.1 Å². The zero-order chi connectivity index (χ0) is 16.4. The van der Waals surface area contributed by atoms with Gasteiger partial charge in [0.1, 0.15) is 10.6 Å². The Balaban J connectivity index is 1.86. The highest BCUT2D eigenvalue weighted by Crippen LogP contribution is 2.26. The van der Waals surface area contributed by atoms with Gasteiger partial charge in [-0.05, 0) is 29.8 Å². The summed E-state index contributed by atoms with van der Waals surface area (Å²) < 4.78 is 5.47. The van der Waals surface area contributed by atoms with E-state index in [1.165, 1.54) is 24.3 Å². The van der Waals surface area contributed by atoms with Crippen molar-refractivity contribution in [3.63, 3.8) is 0 Å². The number of para-hydroxylation sites is 1. The highest BCUT2D eigenvalue weighted by Gasteiger charge is 2.12. The molecule has 0 N–H and O–H groups in total. The molecule has 6 heteroatoms. The third kappa shape index (κ3) is 3.14. The Morgan fingerprint density at radius 2 is 1.96 bits per heavy atom. The Bertz CT molecular complexity index is 910. The lowest BCUT2D eigenvalue weighted by atomic mass is 10.1. The summed E-state index contributed by atoms with van der Waals surface area (Å²) in [5.41, 5.74) is 0.932. The van der Waals surface area contributed by atoms with Crippen LogP contribution in [0.3, 0.4) is 0 Å². The van der Waals surface area contributed by atoms with Gasteiger partial charge in [-0.25, -0.2) is 0 Å². The quantitative estimate of drug-likeness (QED) is 0.296. The maximum Gasteiger partial charge on any atom is 0.288 e. The van der Waals surface area contributed by atoms with E-state index in [9.17, 15) is 14.9 Å². The van der Waals surface area contributed by atoms with Crippen LogP contribution in [0, 0.1) is 10.1 Å². The first kappa shape index (κ1) is 15.0. The molecule has 3 aromatic rings. The van der Waals surface area contributed by atoms with Crippen molar-refractivity contribution >= 4 is 40.1 Å². The van der Waals surface area contributed by atoms with Gasteiger partial charge in [0.05, 0.1) is 4.92 Å². The van der Waals surface area contributed by atoms with Gasteiger partial charge in [-0.2, -0.15) is 0 Å². The largest absolute Gasteiger partial charge is 0.453 e. The number of carbonyl (C=O) groups is 1. The maximum absolute atomic E-state index is 12.1. The number of halogens is 1. The molecular weight excluding hydrogens is 318 g/mol. The van der Waals surface area contributed by atoms with Gasteiger partial charge in [-0.15, -0.1) is 0 Å². The highest BCUT2D eigenvalue weighted by molar-refractivity contribution is 6.32. The topological polar surface area (TPSA) is 73.3 Å². The summed E-state index contributed by atoms with van der Waals surface area (Å²) in [7, 11) is 0. The van der Waals surface area contributed by atoms with Crippen molar-refractivity contribution in [1.29, 1.82) is 0 Å². The summed E-state index contributed by atoms with van der Waals surface area (Å²) in [6.45, 7) is 0. The van der Waals surface area contributed by atoms with Gasteiger partial charge in [-0.1, -0.05) is 41.9 Å². The molecule has 0 aliphatic rings. The van der Waals surface area contributed by atoms with Crippen LogP contribution >= 0.6 is 11.6 Å². The summed E-state index contributed by atoms with van der Waals surface area (Å²) in [4.78, 5) is 22.4. The molecule has 114 valence electrons. The first-order chi connectivity index (χ1) is 11.0. The Labute approximate surface area is 135 Å². The van der Waals surface area contributed by atoms with Crippen LogP contribution < -0.4 is 0 Å². The summed E-state index contributed by atoms with van der Waals surface area (Å²) in [5, 5.41) is 11.7. The fourth-order valence-electron chi connectivity index (χ4n) is 2.13. The van der Waals surface area contributed by atoms with Crippen LogP contribution in [-0.4, -0.2) is 10.7 Å². The maximum atomic E-state index is 12.1. The Morgan fingerprint density at radius 1 is 1.17 bits per heavy atom. The van der Waals surface area contributed by atoms with E-state index in [2.05, 4.69) is 0 Å². The molecule has 5 nitrogen and oxygen atoms in total. The highest BCUT2D eigenvalue weighted by atomic mass is 35.5. The van der Waals surface area contributed by atoms with Crippen LogP contribution in [-0.2, 0) is 0 Å². The van der Waals surface area contributed by atoms with Crippen LogP contribution in [0.4, 0.5) is 5.69 Å². The molecule has 0 aliphatic heterocycles. The fraction of sp³-hybridized carbons (Fsp3) is 0. The zero-order valence-corrected chi connectivity index (χ0v) is 12.5. The molecule has 3 rings (SSSR count). The molecule has 0 radical (unpaired) electrons. The van der Waals surface area contributed by atoms with Gasteiger partial charge < -0.3 is 4.42 Å². The molecule has 23 heavy (non-hydrogen) atoms. The van der Waals surface area contributed by atoms with E-state index in [0.29, 0.717) is 11.1 Å². The van der Waals surface area contributed by atoms with E-state index in [1.807, 2.05) is 18.2 Å². The standard InChI is InChI=1S/C17H10ClNO4/c18-13-7-5-11(9-14(13)19(21)22)6-8-15(20)17-10-12-3-1-2-4-16(12)23-17/h1-10H/b8-6+. The van der Waals surface area contributed by atoms with Gasteiger partial charge >= 0.3 is 0 Å². The predicted molar refractivity (Wildman–Crippen MR) is 87.7 cm³/mol. The number of carbonyl (C=O) groups excluding carboxylic acids is 1. The van der Waals surface area contributed by atoms with Crippen LogP contribution in [0.5, 0.6) is 0 Å². The molecular formula is C17H10ClNO4. The first-order valence-corrected chi connectivity index (χ1v) is 7.07. The van der Waals surface area contributed by atoms with Crippen molar-refractivity contribution in [2.45, 2.75) is 0 Å². The van der Waals surface area contributed by atoms with Crippen LogP contribution in [0.2, 0.25) is 5.02 Å². The van der Waals surface area contributed by atoms with Gasteiger partial charge in [0.2, 0.25) is 5.78 Å². The van der Waals surface area contributed by atoms with E-state index in [-0.39, 0.29) is 22.3 Å². The van der Waals surface area contributed by atoms with E-state index in [0.717, 1.165) is 5.39 Å². The number of hydrogen-bond donors (Lipinski definition) is 0. The molecule has 0 spiro atoms. The number of rotatable bonds is 4. The third-order valence-corrected chi connectivity index (χ3v) is 3.58. The summed E-state index contributed by atoms with van der Waals surface area (Å²) in [6, 6.07) is 13.3. The first-order valence-electron chi connectivity index (χ1n) is 6.69. The molecule has 0 amide bonds. The monoisotopic (exact) mass is 327 g/mol. The van der Waals surface area contributed by atoms with E-state index in [4.69, 9.17) is 16.0 Å². The lowest BCUT2D eigenvalue weighted by molar-refractivity contribution is -0.384. The second-order valence-electron chi connectivity index (χ2n) is 4.81. The van der Waals surface area contributed by atoms with Crippen molar-refractivity contribution in [3.05, 3.63) is 81.1 Å². The van der Waals surface area contributed by atoms with Crippen molar-refractivity contribution in [2.24, 2.45) is 0 Å². The van der Waals surface area contributed by atoms with Gasteiger partial charge in [0.25, 0.3) is 5.69 Å². The minimum Gasteiger partial charge on any atom is -0.453 e. The fourth-order valence-corrected chi connectivity index (χ4v) is 2.32. The Kier molecular flexibility index (Phi) is 3.95. The number of fused-ring (bicyclic) bond motifs is 1. The molecule has 1 heterocycles. The number of hydrogen-bond acceptors (Lipinski definition) is 4. The SMILES string of the molecule is O=C(/C=C/c1ccc(Cl)c([N+](=O)[O-])c1)c1cc2ccccc2o1. The second kappa shape index (κ2) is 6.06. The Hall–Kier alpha value is -2.92. The number of furan rings is 1. The number of nitrogens with zero attached hydrogens (tertiary/aromatic N) is 1. The molecule has 0 saturated carbocycles. The molecule has 0 aliphatic carbocycles. The van der Waals surface area contributed by atoms with E-state index < -0.39 is 4.92 Å². The normalized spacial score (nSPS) is 11.2. The lowest BCUT2D eigenvalue weighted by Gasteiger charge is -1.97. The number of nitro groups is 1. The zero-order valence-electron chi connectivity index (χ0n) is 11.7. The van der Waals surface area contributed by atoms with Crippen LogP contribution in [0.1, 0.15) is 16.1 Å². The minimum atomic E-state index is -0.569. The number of ketones is 1. The molecule has 2 aromatic carbocycles. The van der Waals surface area contributed by atoms with E-state index in [1.54, 1.807) is 18.2 Å². The van der Waals surface area contributed by atoms with Crippen molar-refractivity contribution in [2.75, 3.05) is 0 Å². The number of nitro benzene ring substituents is 1. The summed E-state index contributed by atoms with van der Waals surface area (Å²) in [6.07, 6.45) is 2.80. The van der Waals surface area contributed by atoms with Crippen molar-refractivity contribution in [3.8, 4) is 0 Å². The molecule has 0 unspecified atom stereocenters. The van der Waals surface area contributed by atoms with Gasteiger partial charge in [0, 0.05) is 11.5 Å². The summed E-state index contributed by atoms with van der Waals surface area (Å²) in [5.74, 6) is -0.107. The summed E-state index contributed by atoms with van der Waals surface area (Å²) >= 11 is 5.75. The van der Waals surface area contributed by atoms with Crippen LogP contribution in [0.25, 0.3) is 17.0 Å². The van der Waals surface area contributed by atoms with Gasteiger partial charge in [-0.3, -0.25) is 14.9 Å². The molecule has 0 fully saturated rings.